The maximum Gasteiger partial charge on any atom is 0.239 e. The van der Waals surface area contributed by atoms with E-state index in [9.17, 15) is 4.79 Å². The molecule has 2 aromatic carbocycles. The molecular weight excluding hydrogens is 334 g/mol. The highest BCUT2D eigenvalue weighted by Crippen LogP contribution is 2.23. The maximum atomic E-state index is 12.1. The molecule has 1 N–H and O–H groups in total. The molecule has 0 bridgehead atoms. The fourth-order valence-corrected chi connectivity index (χ4v) is 3.44. The van der Waals surface area contributed by atoms with E-state index in [1.165, 1.54) is 17.3 Å². The molecule has 0 spiro atoms. The molecule has 25 heavy (non-hydrogen) atoms. The molecule has 1 heterocycles. The van der Waals surface area contributed by atoms with Gasteiger partial charge in [-0.1, -0.05) is 41.6 Å². The second kappa shape index (κ2) is 7.98. The monoisotopic (exact) mass is 353 g/mol. The number of methoxy groups -OCH3 is 1. The Kier molecular flexibility index (Phi) is 5.50. The van der Waals surface area contributed by atoms with Crippen molar-refractivity contribution in [3.05, 3.63) is 65.2 Å². The minimum absolute atomic E-state index is 0.0232. The number of hydrogen-bond acceptors (Lipinski definition) is 5. The average molecular weight is 353 g/mol. The first-order valence-corrected chi connectivity index (χ1v) is 8.80. The summed E-state index contributed by atoms with van der Waals surface area (Å²) in [6.07, 6.45) is 2.33. The van der Waals surface area contributed by atoms with E-state index >= 15 is 0 Å². The lowest BCUT2D eigenvalue weighted by molar-refractivity contribution is -0.118. The van der Waals surface area contributed by atoms with E-state index in [1.54, 1.807) is 13.3 Å². The summed E-state index contributed by atoms with van der Waals surface area (Å²) in [7, 11) is 1.63. The third-order valence-electron chi connectivity index (χ3n) is 3.75. The van der Waals surface area contributed by atoms with Crippen molar-refractivity contribution in [3.63, 3.8) is 0 Å². The van der Waals surface area contributed by atoms with E-state index < -0.39 is 0 Å². The van der Waals surface area contributed by atoms with E-state index in [1.807, 2.05) is 49.4 Å². The molecule has 128 valence electrons. The first-order valence-electron chi connectivity index (χ1n) is 7.92. The number of carbonyl (C=O) groups is 1. The summed E-state index contributed by atoms with van der Waals surface area (Å²) < 4.78 is 5.11. The van der Waals surface area contributed by atoms with Gasteiger partial charge in [0.2, 0.25) is 5.91 Å². The molecule has 0 radical (unpaired) electrons. The number of nitrogens with one attached hydrogen (secondary N) is 1. The van der Waals surface area contributed by atoms with Crippen LogP contribution in [-0.2, 0) is 11.2 Å². The molecule has 1 saturated heterocycles. The van der Waals surface area contributed by atoms with Crippen LogP contribution >= 0.6 is 11.8 Å². The topological polar surface area (TPSA) is 63.1 Å². The number of amidine groups is 1. The van der Waals surface area contributed by atoms with Crippen molar-refractivity contribution in [2.45, 2.75) is 18.6 Å². The Morgan fingerprint density at radius 3 is 2.76 bits per heavy atom. The molecule has 1 aliphatic rings. The Hall–Kier alpha value is -2.60. The van der Waals surface area contributed by atoms with Gasteiger partial charge in [-0.15, -0.1) is 5.10 Å². The quantitative estimate of drug-likeness (QED) is 0.663. The highest BCUT2D eigenvalue weighted by molar-refractivity contribution is 8.15. The predicted molar refractivity (Wildman–Crippen MR) is 102 cm³/mol. The highest BCUT2D eigenvalue weighted by atomic mass is 32.2. The minimum atomic E-state index is -0.170. The molecule has 3 rings (SSSR count). The number of ether oxygens (including phenoxy) is 1. The summed E-state index contributed by atoms with van der Waals surface area (Å²) in [4.78, 5) is 12.1. The Morgan fingerprint density at radius 2 is 2.04 bits per heavy atom. The number of amides is 1. The van der Waals surface area contributed by atoms with Crippen molar-refractivity contribution in [2.75, 3.05) is 7.11 Å². The zero-order chi connectivity index (χ0) is 17.6. The first-order chi connectivity index (χ1) is 12.1. The molecule has 1 aliphatic heterocycles. The van der Waals surface area contributed by atoms with Gasteiger partial charge in [0.05, 0.1) is 18.6 Å². The summed E-state index contributed by atoms with van der Waals surface area (Å²) in [6, 6.07) is 15.7. The predicted octanol–water partition coefficient (Wildman–Crippen LogP) is 3.17. The van der Waals surface area contributed by atoms with Crippen LogP contribution in [0.4, 0.5) is 0 Å². The van der Waals surface area contributed by atoms with Crippen molar-refractivity contribution in [2.24, 2.45) is 10.2 Å². The van der Waals surface area contributed by atoms with Crippen LogP contribution in [0.25, 0.3) is 0 Å². The van der Waals surface area contributed by atoms with Crippen LogP contribution in [0.15, 0.2) is 58.7 Å². The van der Waals surface area contributed by atoms with Crippen molar-refractivity contribution in [1.82, 2.24) is 5.32 Å². The van der Waals surface area contributed by atoms with Crippen molar-refractivity contribution in [1.29, 1.82) is 0 Å². The average Bonchev–Trinajstić information content (AvgIpc) is 2.95. The van der Waals surface area contributed by atoms with Gasteiger partial charge < -0.3 is 10.1 Å². The number of thioether (sulfide) groups is 1. The summed E-state index contributed by atoms with van der Waals surface area (Å²) in [5, 5.41) is 11.3. The molecule has 1 unspecified atom stereocenters. The summed E-state index contributed by atoms with van der Waals surface area (Å²) in [5.74, 6) is 0.769. The summed E-state index contributed by atoms with van der Waals surface area (Å²) in [6.45, 7) is 2.05. The van der Waals surface area contributed by atoms with Gasteiger partial charge in [0.1, 0.15) is 5.75 Å². The first kappa shape index (κ1) is 17.2. The number of carbonyl (C=O) groups excluding carboxylic acids is 1. The smallest absolute Gasteiger partial charge is 0.239 e. The van der Waals surface area contributed by atoms with Gasteiger partial charge in [0, 0.05) is 0 Å². The Bertz CT molecular complexity index is 816. The SMILES string of the molecule is COc1ccc(C=N/N=C2\NC(=O)C(Cc3cccc(C)c3)S2)cc1. The zero-order valence-corrected chi connectivity index (χ0v) is 14.9. The Morgan fingerprint density at radius 1 is 1.24 bits per heavy atom. The van der Waals surface area contributed by atoms with Crippen molar-refractivity contribution < 1.29 is 9.53 Å². The zero-order valence-electron chi connectivity index (χ0n) is 14.1. The van der Waals surface area contributed by atoms with Crippen molar-refractivity contribution in [3.8, 4) is 5.75 Å². The van der Waals surface area contributed by atoms with Crippen LogP contribution in [0, 0.1) is 6.92 Å². The molecule has 2 aromatic rings. The van der Waals surface area contributed by atoms with Crippen LogP contribution in [0.2, 0.25) is 0 Å². The standard InChI is InChI=1S/C19H19N3O2S/c1-13-4-3-5-15(10-13)11-17-18(23)21-19(25-17)22-20-12-14-6-8-16(24-2)9-7-14/h3-10,12,17H,11H2,1-2H3,(H,21,22,23). The lowest BCUT2D eigenvalue weighted by Crippen LogP contribution is -2.25. The normalized spacial score (nSPS) is 18.7. The van der Waals surface area contributed by atoms with E-state index in [0.717, 1.165) is 16.9 Å². The van der Waals surface area contributed by atoms with E-state index in [-0.39, 0.29) is 11.2 Å². The van der Waals surface area contributed by atoms with Crippen LogP contribution in [0.1, 0.15) is 16.7 Å². The number of benzene rings is 2. The molecule has 0 aromatic heterocycles. The Labute approximate surface area is 151 Å². The van der Waals surface area contributed by atoms with Gasteiger partial charge in [0.15, 0.2) is 5.17 Å². The highest BCUT2D eigenvalue weighted by Gasteiger charge is 2.30. The molecule has 0 saturated carbocycles. The van der Waals surface area contributed by atoms with Crippen molar-refractivity contribution >= 4 is 29.1 Å². The van der Waals surface area contributed by atoms with Gasteiger partial charge in [-0.25, -0.2) is 0 Å². The molecular formula is C19H19N3O2S. The minimum Gasteiger partial charge on any atom is -0.497 e. The fourth-order valence-electron chi connectivity index (χ4n) is 2.48. The number of nitrogens with zero attached hydrogens (tertiary/aromatic N) is 2. The van der Waals surface area contributed by atoms with E-state index in [4.69, 9.17) is 4.74 Å². The van der Waals surface area contributed by atoms with E-state index in [0.29, 0.717) is 11.6 Å². The fraction of sp³-hybridized carbons (Fsp3) is 0.211. The maximum absolute atomic E-state index is 12.1. The van der Waals surface area contributed by atoms with Gasteiger partial charge >= 0.3 is 0 Å². The van der Waals surface area contributed by atoms with E-state index in [2.05, 4.69) is 21.6 Å². The lowest BCUT2D eigenvalue weighted by atomic mass is 10.1. The second-order valence-corrected chi connectivity index (χ2v) is 6.90. The van der Waals surface area contributed by atoms with Gasteiger partial charge in [-0.2, -0.15) is 5.10 Å². The van der Waals surface area contributed by atoms with Gasteiger partial charge in [-0.3, -0.25) is 4.79 Å². The van der Waals surface area contributed by atoms with Crippen LogP contribution in [0.5, 0.6) is 5.75 Å². The lowest BCUT2D eigenvalue weighted by Gasteiger charge is -2.05. The number of hydrogen-bond donors (Lipinski definition) is 1. The number of aryl methyl sites for hydroxylation is 1. The summed E-state index contributed by atoms with van der Waals surface area (Å²) >= 11 is 1.42. The second-order valence-electron chi connectivity index (χ2n) is 5.71. The third kappa shape index (κ3) is 4.70. The number of rotatable bonds is 5. The summed E-state index contributed by atoms with van der Waals surface area (Å²) in [5.41, 5.74) is 3.25. The molecule has 6 heteroatoms. The molecule has 1 fully saturated rings. The van der Waals surface area contributed by atoms with Crippen LogP contribution in [-0.4, -0.2) is 29.6 Å². The molecule has 0 aliphatic carbocycles. The Balaban J connectivity index is 1.61. The van der Waals surface area contributed by atoms with Crippen LogP contribution in [0.3, 0.4) is 0 Å². The molecule has 1 atom stereocenters. The molecule has 5 nitrogen and oxygen atoms in total. The van der Waals surface area contributed by atoms with Gasteiger partial charge in [-0.05, 0) is 48.7 Å². The molecule has 1 amide bonds. The van der Waals surface area contributed by atoms with Gasteiger partial charge in [0.25, 0.3) is 0 Å². The third-order valence-corrected chi connectivity index (χ3v) is 4.82. The van der Waals surface area contributed by atoms with Crippen LogP contribution < -0.4 is 10.1 Å². The largest absolute Gasteiger partial charge is 0.497 e.